The van der Waals surface area contributed by atoms with Gasteiger partial charge in [0, 0.05) is 12.2 Å². The summed E-state index contributed by atoms with van der Waals surface area (Å²) in [6.45, 7) is 4.43. The van der Waals surface area contributed by atoms with Crippen LogP contribution in [0.3, 0.4) is 0 Å². The fraction of sp³-hybridized carbons (Fsp3) is 0.300. The molecule has 0 atom stereocenters. The first-order valence-corrected chi connectivity index (χ1v) is 8.22. The molecule has 0 radical (unpaired) electrons. The monoisotopic (exact) mass is 322 g/mol. The molecule has 0 heterocycles. The van der Waals surface area contributed by atoms with Gasteiger partial charge in [0.2, 0.25) is 11.8 Å². The Kier molecular flexibility index (Phi) is 4.38. The molecule has 2 aromatic rings. The minimum Gasteiger partial charge on any atom is -0.351 e. The molecule has 0 unspecified atom stereocenters. The summed E-state index contributed by atoms with van der Waals surface area (Å²) in [6, 6.07) is 15.6. The van der Waals surface area contributed by atoms with Crippen molar-refractivity contribution in [2.45, 2.75) is 33.2 Å². The Hall–Kier alpha value is -2.62. The van der Waals surface area contributed by atoms with E-state index >= 15 is 0 Å². The van der Waals surface area contributed by atoms with Gasteiger partial charge < -0.3 is 10.6 Å². The smallest absolute Gasteiger partial charge is 0.240 e. The fourth-order valence-electron chi connectivity index (χ4n) is 2.83. The lowest BCUT2D eigenvalue weighted by molar-refractivity contribution is -0.134. The molecular weight excluding hydrogens is 300 g/mol. The van der Waals surface area contributed by atoms with E-state index in [2.05, 4.69) is 10.6 Å². The van der Waals surface area contributed by atoms with Crippen molar-refractivity contribution in [3.63, 3.8) is 0 Å². The maximum atomic E-state index is 12.5. The standard InChI is InChI=1S/C20H22N2O2/c1-14-5-3-7-16(11-14)13-21-18(23)20(9-10-20)19(24)22-17-8-4-6-15(2)12-17/h3-8,11-12H,9-10,13H2,1-2H3,(H,21,23)(H,22,24). The summed E-state index contributed by atoms with van der Waals surface area (Å²) in [6.07, 6.45) is 1.20. The number of nitrogens with one attached hydrogen (secondary N) is 2. The molecule has 1 saturated carbocycles. The Morgan fingerprint density at radius 1 is 0.958 bits per heavy atom. The Bertz CT molecular complexity index is 779. The van der Waals surface area contributed by atoms with Crippen molar-refractivity contribution in [3.8, 4) is 0 Å². The van der Waals surface area contributed by atoms with Crippen LogP contribution in [0.4, 0.5) is 5.69 Å². The molecule has 124 valence electrons. The summed E-state index contributed by atoms with van der Waals surface area (Å²) in [5, 5.41) is 5.78. The van der Waals surface area contributed by atoms with Gasteiger partial charge in [-0.15, -0.1) is 0 Å². The average molecular weight is 322 g/mol. The molecule has 0 spiro atoms. The lowest BCUT2D eigenvalue weighted by atomic mass is 10.0. The number of carbonyl (C=O) groups is 2. The topological polar surface area (TPSA) is 58.2 Å². The molecule has 4 heteroatoms. The molecule has 0 aromatic heterocycles. The zero-order chi connectivity index (χ0) is 17.2. The average Bonchev–Trinajstić information content (AvgIpc) is 3.34. The maximum absolute atomic E-state index is 12.5. The molecule has 0 aliphatic heterocycles. The second-order valence-electron chi connectivity index (χ2n) is 6.58. The van der Waals surface area contributed by atoms with E-state index in [1.165, 1.54) is 0 Å². The van der Waals surface area contributed by atoms with Crippen LogP contribution >= 0.6 is 0 Å². The number of hydrogen-bond acceptors (Lipinski definition) is 2. The highest BCUT2D eigenvalue weighted by molar-refractivity contribution is 6.13. The quantitative estimate of drug-likeness (QED) is 0.830. The van der Waals surface area contributed by atoms with E-state index in [4.69, 9.17) is 0 Å². The van der Waals surface area contributed by atoms with E-state index in [-0.39, 0.29) is 11.8 Å². The minimum atomic E-state index is -0.909. The number of amides is 2. The number of anilines is 1. The lowest BCUT2D eigenvalue weighted by Gasteiger charge is -2.16. The molecule has 4 nitrogen and oxygen atoms in total. The molecular formula is C20H22N2O2. The van der Waals surface area contributed by atoms with Crippen molar-refractivity contribution >= 4 is 17.5 Å². The van der Waals surface area contributed by atoms with Gasteiger partial charge in [0.25, 0.3) is 0 Å². The molecule has 1 aliphatic rings. The van der Waals surface area contributed by atoms with Gasteiger partial charge in [0.15, 0.2) is 0 Å². The fourth-order valence-corrected chi connectivity index (χ4v) is 2.83. The van der Waals surface area contributed by atoms with Gasteiger partial charge >= 0.3 is 0 Å². The molecule has 2 N–H and O–H groups in total. The number of hydrogen-bond donors (Lipinski definition) is 2. The highest BCUT2D eigenvalue weighted by Crippen LogP contribution is 2.46. The van der Waals surface area contributed by atoms with Crippen molar-refractivity contribution in [1.82, 2.24) is 5.32 Å². The van der Waals surface area contributed by atoms with Crippen LogP contribution in [-0.4, -0.2) is 11.8 Å². The van der Waals surface area contributed by atoms with E-state index in [1.54, 1.807) is 0 Å². The molecule has 0 bridgehead atoms. The van der Waals surface area contributed by atoms with Gasteiger partial charge in [-0.05, 0) is 49.9 Å². The zero-order valence-electron chi connectivity index (χ0n) is 14.1. The lowest BCUT2D eigenvalue weighted by Crippen LogP contribution is -2.39. The molecule has 24 heavy (non-hydrogen) atoms. The molecule has 3 rings (SSSR count). The van der Waals surface area contributed by atoms with Crippen LogP contribution in [0.1, 0.15) is 29.5 Å². The van der Waals surface area contributed by atoms with E-state index in [0.717, 1.165) is 22.4 Å². The number of carbonyl (C=O) groups excluding carboxylic acids is 2. The minimum absolute atomic E-state index is 0.186. The summed E-state index contributed by atoms with van der Waals surface area (Å²) in [7, 11) is 0. The highest BCUT2D eigenvalue weighted by atomic mass is 16.2. The predicted molar refractivity (Wildman–Crippen MR) is 94.5 cm³/mol. The maximum Gasteiger partial charge on any atom is 0.240 e. The molecule has 2 amide bonds. The normalized spacial score (nSPS) is 14.8. The summed E-state index contributed by atoms with van der Waals surface area (Å²) >= 11 is 0. The van der Waals surface area contributed by atoms with Crippen LogP contribution < -0.4 is 10.6 Å². The Balaban J connectivity index is 1.62. The number of benzene rings is 2. The second-order valence-corrected chi connectivity index (χ2v) is 6.58. The third-order valence-electron chi connectivity index (χ3n) is 4.43. The summed E-state index contributed by atoms with van der Waals surface area (Å²) in [4.78, 5) is 25.1. The van der Waals surface area contributed by atoms with Gasteiger partial charge in [-0.3, -0.25) is 9.59 Å². The summed E-state index contributed by atoms with van der Waals surface area (Å²) in [5.41, 5.74) is 3.09. The van der Waals surface area contributed by atoms with Gasteiger partial charge in [0.05, 0.1) is 0 Å². The Labute approximate surface area is 142 Å². The highest BCUT2D eigenvalue weighted by Gasteiger charge is 2.56. The Morgan fingerprint density at radius 3 is 2.25 bits per heavy atom. The van der Waals surface area contributed by atoms with Gasteiger partial charge in [0.1, 0.15) is 5.41 Å². The van der Waals surface area contributed by atoms with Crippen LogP contribution in [0.15, 0.2) is 48.5 Å². The van der Waals surface area contributed by atoms with Crippen molar-refractivity contribution in [1.29, 1.82) is 0 Å². The van der Waals surface area contributed by atoms with Crippen LogP contribution in [0.5, 0.6) is 0 Å². The third-order valence-corrected chi connectivity index (χ3v) is 4.43. The first-order valence-electron chi connectivity index (χ1n) is 8.22. The second kappa shape index (κ2) is 6.48. The third kappa shape index (κ3) is 3.48. The summed E-state index contributed by atoms with van der Waals surface area (Å²) < 4.78 is 0. The van der Waals surface area contributed by atoms with Crippen LogP contribution in [0.25, 0.3) is 0 Å². The van der Waals surface area contributed by atoms with Crippen LogP contribution in [0, 0.1) is 19.3 Å². The van der Waals surface area contributed by atoms with Crippen LogP contribution in [0.2, 0.25) is 0 Å². The Morgan fingerprint density at radius 2 is 1.62 bits per heavy atom. The van der Waals surface area contributed by atoms with Crippen molar-refractivity contribution in [2.75, 3.05) is 5.32 Å². The van der Waals surface area contributed by atoms with Gasteiger partial charge in [-0.25, -0.2) is 0 Å². The predicted octanol–water partition coefficient (Wildman–Crippen LogP) is 3.34. The largest absolute Gasteiger partial charge is 0.351 e. The van der Waals surface area contributed by atoms with E-state index in [1.807, 2.05) is 62.4 Å². The molecule has 2 aromatic carbocycles. The van der Waals surface area contributed by atoms with Gasteiger partial charge in [-0.2, -0.15) is 0 Å². The first-order chi connectivity index (χ1) is 11.5. The van der Waals surface area contributed by atoms with Crippen molar-refractivity contribution in [2.24, 2.45) is 5.41 Å². The molecule has 1 aliphatic carbocycles. The SMILES string of the molecule is Cc1cccc(CNC(=O)C2(C(=O)Nc3cccc(C)c3)CC2)c1. The van der Waals surface area contributed by atoms with Crippen molar-refractivity contribution < 1.29 is 9.59 Å². The number of rotatable bonds is 5. The summed E-state index contributed by atoms with van der Waals surface area (Å²) in [5.74, 6) is -0.399. The van der Waals surface area contributed by atoms with E-state index < -0.39 is 5.41 Å². The zero-order valence-corrected chi connectivity index (χ0v) is 14.1. The van der Waals surface area contributed by atoms with Gasteiger partial charge in [-0.1, -0.05) is 42.0 Å². The van der Waals surface area contributed by atoms with E-state index in [0.29, 0.717) is 19.4 Å². The van der Waals surface area contributed by atoms with Crippen LogP contribution in [-0.2, 0) is 16.1 Å². The van der Waals surface area contributed by atoms with E-state index in [9.17, 15) is 9.59 Å². The molecule has 0 saturated heterocycles. The van der Waals surface area contributed by atoms with Crippen molar-refractivity contribution in [3.05, 3.63) is 65.2 Å². The first kappa shape index (κ1) is 16.2. The number of aryl methyl sites for hydroxylation is 2. The molecule has 1 fully saturated rings.